The topological polar surface area (TPSA) is 54.7 Å². The Kier molecular flexibility index (Phi) is 3.94. The number of hydrogen-bond donors (Lipinski definition) is 2. The molecule has 1 aromatic carbocycles. The molecule has 0 spiro atoms. The Hall–Kier alpha value is -1.16. The van der Waals surface area contributed by atoms with Crippen molar-refractivity contribution < 1.29 is 0 Å². The summed E-state index contributed by atoms with van der Waals surface area (Å²) < 4.78 is 0. The van der Waals surface area contributed by atoms with Gasteiger partial charge in [-0.2, -0.15) is 11.8 Å². The molecule has 0 bridgehead atoms. The van der Waals surface area contributed by atoms with Crippen LogP contribution in [-0.4, -0.2) is 15.7 Å². The van der Waals surface area contributed by atoms with E-state index < -0.39 is 0 Å². The number of aromatic nitrogens is 2. The molecule has 4 heteroatoms. The summed E-state index contributed by atoms with van der Waals surface area (Å²) in [6.07, 6.45) is 1.26. The number of benzene rings is 1. The first-order valence-corrected chi connectivity index (χ1v) is 7.12. The number of fused-ring (bicyclic) bond motifs is 1. The lowest BCUT2D eigenvalue weighted by Gasteiger charge is -2.02. The fraction of sp³-hybridized carbons (Fsp3) is 0.462. The molecular formula is C13H19N3S. The number of nitrogens with two attached hydrogens (primary N) is 1. The number of nitrogen functional groups attached to an aromatic ring is 1. The number of imidazole rings is 1. The largest absolute Gasteiger partial charge is 0.399 e. The summed E-state index contributed by atoms with van der Waals surface area (Å²) >= 11 is 1.93. The number of nitrogens with one attached hydrogen (secondary N) is 1. The van der Waals surface area contributed by atoms with Gasteiger partial charge in [-0.15, -0.1) is 0 Å². The molecule has 17 heavy (non-hydrogen) atoms. The fourth-order valence-electron chi connectivity index (χ4n) is 1.64. The van der Waals surface area contributed by atoms with Gasteiger partial charge in [0, 0.05) is 5.69 Å². The zero-order chi connectivity index (χ0) is 12.3. The molecule has 2 rings (SSSR count). The Morgan fingerprint density at radius 2 is 2.24 bits per heavy atom. The Balaban J connectivity index is 1.95. The second-order valence-electron chi connectivity index (χ2n) is 4.70. The van der Waals surface area contributed by atoms with Crippen LogP contribution in [-0.2, 0) is 5.75 Å². The number of H-pyrrole nitrogens is 1. The van der Waals surface area contributed by atoms with Crippen molar-refractivity contribution in [1.29, 1.82) is 0 Å². The summed E-state index contributed by atoms with van der Waals surface area (Å²) in [7, 11) is 0. The van der Waals surface area contributed by atoms with Crippen LogP contribution >= 0.6 is 11.8 Å². The van der Waals surface area contributed by atoms with Crippen molar-refractivity contribution >= 4 is 28.5 Å². The molecule has 2 aromatic rings. The van der Waals surface area contributed by atoms with E-state index in [9.17, 15) is 0 Å². The fourth-order valence-corrected chi connectivity index (χ4v) is 2.75. The van der Waals surface area contributed by atoms with E-state index in [2.05, 4.69) is 23.8 Å². The highest BCUT2D eigenvalue weighted by atomic mass is 32.2. The Morgan fingerprint density at radius 3 is 3.00 bits per heavy atom. The second-order valence-corrected chi connectivity index (χ2v) is 5.80. The molecule has 3 N–H and O–H groups in total. The maximum absolute atomic E-state index is 5.74. The molecule has 0 saturated heterocycles. The second kappa shape index (κ2) is 5.45. The first kappa shape index (κ1) is 12.3. The van der Waals surface area contributed by atoms with Gasteiger partial charge in [-0.3, -0.25) is 0 Å². The lowest BCUT2D eigenvalue weighted by Crippen LogP contribution is -1.91. The van der Waals surface area contributed by atoms with Crippen LogP contribution in [0.15, 0.2) is 18.2 Å². The first-order chi connectivity index (χ1) is 8.15. The van der Waals surface area contributed by atoms with Crippen molar-refractivity contribution in [2.45, 2.75) is 26.0 Å². The van der Waals surface area contributed by atoms with Crippen LogP contribution < -0.4 is 5.73 Å². The highest BCUT2D eigenvalue weighted by molar-refractivity contribution is 7.98. The van der Waals surface area contributed by atoms with E-state index in [0.29, 0.717) is 0 Å². The van der Waals surface area contributed by atoms with Gasteiger partial charge >= 0.3 is 0 Å². The van der Waals surface area contributed by atoms with Crippen molar-refractivity contribution in [3.8, 4) is 0 Å². The normalized spacial score (nSPS) is 11.5. The van der Waals surface area contributed by atoms with Crippen LogP contribution in [0.5, 0.6) is 0 Å². The average Bonchev–Trinajstić information content (AvgIpc) is 2.66. The lowest BCUT2D eigenvalue weighted by molar-refractivity contribution is 0.632. The van der Waals surface area contributed by atoms with E-state index in [4.69, 9.17) is 5.73 Å². The molecule has 0 aliphatic heterocycles. The Bertz CT molecular complexity index is 490. The SMILES string of the molecule is CC(C)CCSCc1nc2ccc(N)cc2[nH]1. The van der Waals surface area contributed by atoms with Gasteiger partial charge < -0.3 is 10.7 Å². The van der Waals surface area contributed by atoms with Crippen molar-refractivity contribution in [2.24, 2.45) is 5.92 Å². The quantitative estimate of drug-likeness (QED) is 0.630. The van der Waals surface area contributed by atoms with E-state index in [-0.39, 0.29) is 0 Å². The average molecular weight is 249 g/mol. The van der Waals surface area contributed by atoms with E-state index in [1.807, 2.05) is 30.0 Å². The van der Waals surface area contributed by atoms with Gasteiger partial charge in [-0.25, -0.2) is 4.98 Å². The number of rotatable bonds is 5. The molecule has 0 saturated carbocycles. The summed E-state index contributed by atoms with van der Waals surface area (Å²) in [5, 5.41) is 0. The Morgan fingerprint density at radius 1 is 1.41 bits per heavy atom. The molecule has 0 aliphatic rings. The van der Waals surface area contributed by atoms with Gasteiger partial charge in [0.1, 0.15) is 5.82 Å². The van der Waals surface area contributed by atoms with Crippen molar-refractivity contribution in [3.63, 3.8) is 0 Å². The highest BCUT2D eigenvalue weighted by Gasteiger charge is 2.03. The highest BCUT2D eigenvalue weighted by Crippen LogP contribution is 2.18. The molecule has 92 valence electrons. The third-order valence-electron chi connectivity index (χ3n) is 2.63. The predicted octanol–water partition coefficient (Wildman–Crippen LogP) is 3.42. The number of hydrogen-bond acceptors (Lipinski definition) is 3. The van der Waals surface area contributed by atoms with E-state index >= 15 is 0 Å². The standard InChI is InChI=1S/C13H19N3S/c1-9(2)5-6-17-8-13-15-11-4-3-10(14)7-12(11)16-13/h3-4,7,9H,5-6,8,14H2,1-2H3,(H,15,16). The summed E-state index contributed by atoms with van der Waals surface area (Å²) in [6.45, 7) is 4.51. The molecular weight excluding hydrogens is 230 g/mol. The molecule has 3 nitrogen and oxygen atoms in total. The van der Waals surface area contributed by atoms with Crippen molar-refractivity contribution in [2.75, 3.05) is 11.5 Å². The number of thioether (sulfide) groups is 1. The monoisotopic (exact) mass is 249 g/mol. The number of nitrogens with zero attached hydrogens (tertiary/aromatic N) is 1. The minimum Gasteiger partial charge on any atom is -0.399 e. The molecule has 1 aromatic heterocycles. The number of anilines is 1. The minimum absolute atomic E-state index is 0.776. The van der Waals surface area contributed by atoms with E-state index in [0.717, 1.165) is 34.2 Å². The van der Waals surface area contributed by atoms with Crippen LogP contribution in [0.1, 0.15) is 26.1 Å². The molecule has 1 heterocycles. The zero-order valence-electron chi connectivity index (χ0n) is 10.4. The molecule has 0 amide bonds. The molecule has 0 fully saturated rings. The number of aromatic amines is 1. The van der Waals surface area contributed by atoms with Gasteiger partial charge in [-0.1, -0.05) is 13.8 Å². The molecule has 0 aliphatic carbocycles. The van der Waals surface area contributed by atoms with Crippen LogP contribution in [0.4, 0.5) is 5.69 Å². The minimum atomic E-state index is 0.776. The summed E-state index contributed by atoms with van der Waals surface area (Å²) in [6, 6.07) is 5.78. The lowest BCUT2D eigenvalue weighted by atomic mass is 10.2. The van der Waals surface area contributed by atoms with Crippen LogP contribution in [0.2, 0.25) is 0 Å². The zero-order valence-corrected chi connectivity index (χ0v) is 11.2. The van der Waals surface area contributed by atoms with E-state index in [1.54, 1.807) is 0 Å². The molecule has 0 atom stereocenters. The van der Waals surface area contributed by atoms with E-state index in [1.165, 1.54) is 12.2 Å². The summed E-state index contributed by atoms with van der Waals surface area (Å²) in [4.78, 5) is 7.85. The van der Waals surface area contributed by atoms with Crippen LogP contribution in [0, 0.1) is 5.92 Å². The Labute approximate surface area is 106 Å². The van der Waals surface area contributed by atoms with Gasteiger partial charge in [0.05, 0.1) is 16.8 Å². The van der Waals surface area contributed by atoms with Gasteiger partial charge in [-0.05, 0) is 36.3 Å². The molecule has 0 radical (unpaired) electrons. The van der Waals surface area contributed by atoms with Crippen molar-refractivity contribution in [3.05, 3.63) is 24.0 Å². The third-order valence-corrected chi connectivity index (χ3v) is 3.64. The summed E-state index contributed by atoms with van der Waals surface area (Å²) in [5.41, 5.74) is 8.54. The molecule has 0 unspecified atom stereocenters. The maximum Gasteiger partial charge on any atom is 0.117 e. The first-order valence-electron chi connectivity index (χ1n) is 5.97. The predicted molar refractivity (Wildman–Crippen MR) is 76.1 cm³/mol. The van der Waals surface area contributed by atoms with Crippen molar-refractivity contribution in [1.82, 2.24) is 9.97 Å². The smallest absolute Gasteiger partial charge is 0.117 e. The van der Waals surface area contributed by atoms with Gasteiger partial charge in [0.2, 0.25) is 0 Å². The maximum atomic E-state index is 5.74. The summed E-state index contributed by atoms with van der Waals surface area (Å²) in [5.74, 6) is 3.95. The van der Waals surface area contributed by atoms with Gasteiger partial charge in [0.25, 0.3) is 0 Å². The van der Waals surface area contributed by atoms with Crippen LogP contribution in [0.3, 0.4) is 0 Å². The van der Waals surface area contributed by atoms with Crippen LogP contribution in [0.25, 0.3) is 11.0 Å². The van der Waals surface area contributed by atoms with Gasteiger partial charge in [0.15, 0.2) is 0 Å². The third kappa shape index (κ3) is 3.40.